The van der Waals surface area contributed by atoms with Gasteiger partial charge in [-0.1, -0.05) is 37.0 Å². The number of halogens is 1. The van der Waals surface area contributed by atoms with Gasteiger partial charge in [-0.25, -0.2) is 0 Å². The Bertz CT molecular complexity index is 872. The van der Waals surface area contributed by atoms with Gasteiger partial charge in [0.1, 0.15) is 12.4 Å². The molecule has 0 saturated heterocycles. The Hall–Kier alpha value is -1.54. The number of unbranched alkanes of at least 4 members (excludes halogenated alkanes) is 1. The molecule has 1 saturated carbocycles. The van der Waals surface area contributed by atoms with Crippen molar-refractivity contribution >= 4 is 39.0 Å². The van der Waals surface area contributed by atoms with Gasteiger partial charge in [0.25, 0.3) is 0 Å². The summed E-state index contributed by atoms with van der Waals surface area (Å²) in [5, 5.41) is 20.8. The number of carbonyl (C=O) groups is 2. The van der Waals surface area contributed by atoms with E-state index in [1.807, 2.05) is 18.2 Å². The Morgan fingerprint density at radius 1 is 1.33 bits per heavy atom. The zero-order valence-corrected chi connectivity index (χ0v) is 21.9. The first kappa shape index (κ1) is 27.7. The lowest BCUT2D eigenvalue weighted by molar-refractivity contribution is -0.142. The van der Waals surface area contributed by atoms with Crippen LogP contribution in [0, 0.1) is 25.7 Å². The quantitative estimate of drug-likeness (QED) is 0.200. The highest BCUT2D eigenvalue weighted by molar-refractivity contribution is 9.10. The van der Waals surface area contributed by atoms with Gasteiger partial charge in [0.05, 0.1) is 12.2 Å². The van der Waals surface area contributed by atoms with Crippen LogP contribution in [-0.2, 0) is 20.7 Å². The molecule has 5 nitrogen and oxygen atoms in total. The van der Waals surface area contributed by atoms with Gasteiger partial charge in [0, 0.05) is 38.9 Å². The molecule has 33 heavy (non-hydrogen) atoms. The first-order chi connectivity index (χ1) is 15.7. The number of allylic oxidation sites excluding steroid dienone is 2. The number of aryl methyl sites for hydroxylation is 2. The second kappa shape index (κ2) is 14.0. The molecule has 1 unspecified atom stereocenters. The summed E-state index contributed by atoms with van der Waals surface area (Å²) in [5.41, 5.74) is 1.23. The lowest BCUT2D eigenvalue weighted by Gasteiger charge is -2.16. The Morgan fingerprint density at radius 2 is 2.09 bits per heavy atom. The van der Waals surface area contributed by atoms with Crippen molar-refractivity contribution in [2.24, 2.45) is 11.8 Å². The van der Waals surface area contributed by atoms with Crippen LogP contribution in [-0.4, -0.2) is 40.8 Å². The molecule has 1 aliphatic rings. The van der Waals surface area contributed by atoms with Gasteiger partial charge in [-0.2, -0.15) is 0 Å². The van der Waals surface area contributed by atoms with E-state index in [4.69, 9.17) is 4.74 Å². The van der Waals surface area contributed by atoms with Crippen LogP contribution in [0.5, 0.6) is 0 Å². The third kappa shape index (κ3) is 8.63. The molecule has 1 heterocycles. The van der Waals surface area contributed by atoms with Crippen LogP contribution in [0.1, 0.15) is 53.8 Å². The standard InChI is InChI=1S/C26H35BrO5S/c1-4-15-32-25(31)10-8-6-5-7-9-21-22(24(30)16-23(21)29)14-12-19(28)11-13-20-17(2)33-18(3)26(20)27/h4-5,7,12,14,19,21-22,24,28,30H,1,6,8-11,13,15-16H2,2-3H3/t19?,21-,22-,24-/m1/s1. The molecule has 0 spiro atoms. The molecule has 1 aliphatic carbocycles. The van der Waals surface area contributed by atoms with Gasteiger partial charge in [-0.3, -0.25) is 9.59 Å². The molecule has 0 bridgehead atoms. The molecular formula is C26H35BrO5S. The third-order valence-electron chi connectivity index (χ3n) is 5.95. The summed E-state index contributed by atoms with van der Waals surface area (Å²) in [4.78, 5) is 26.3. The first-order valence-electron chi connectivity index (χ1n) is 11.5. The van der Waals surface area contributed by atoms with E-state index < -0.39 is 12.2 Å². The van der Waals surface area contributed by atoms with Gasteiger partial charge in [0.2, 0.25) is 0 Å². The maximum absolute atomic E-state index is 12.4. The minimum Gasteiger partial charge on any atom is -0.461 e. The Balaban J connectivity index is 1.82. The van der Waals surface area contributed by atoms with Crippen molar-refractivity contribution in [3.8, 4) is 0 Å². The van der Waals surface area contributed by atoms with Crippen LogP contribution in [0.4, 0.5) is 0 Å². The van der Waals surface area contributed by atoms with Crippen molar-refractivity contribution in [2.45, 2.75) is 71.0 Å². The summed E-state index contributed by atoms with van der Waals surface area (Å²) < 4.78 is 6.06. The third-order valence-corrected chi connectivity index (χ3v) is 8.35. The number of rotatable bonds is 13. The molecular weight excluding hydrogens is 504 g/mol. The average molecular weight is 540 g/mol. The predicted molar refractivity (Wildman–Crippen MR) is 136 cm³/mol. The summed E-state index contributed by atoms with van der Waals surface area (Å²) in [7, 11) is 0. The zero-order chi connectivity index (χ0) is 24.4. The molecule has 0 aromatic carbocycles. The number of thiophene rings is 1. The SMILES string of the molecule is C=CCOC(=O)CCCC=CC[C@H]1C(=O)C[C@@H](O)[C@@H]1C=CC(O)CCc1c(C)sc(C)c1Br. The molecule has 4 atom stereocenters. The number of aliphatic hydroxyl groups is 2. The fourth-order valence-electron chi connectivity index (χ4n) is 4.11. The average Bonchev–Trinajstić information content (AvgIpc) is 3.18. The van der Waals surface area contributed by atoms with Crippen molar-refractivity contribution in [1.82, 2.24) is 0 Å². The van der Waals surface area contributed by atoms with E-state index in [9.17, 15) is 19.8 Å². The second-order valence-corrected chi connectivity index (χ2v) is 10.7. The molecule has 0 aliphatic heterocycles. The number of esters is 1. The van der Waals surface area contributed by atoms with Crippen molar-refractivity contribution < 1.29 is 24.5 Å². The van der Waals surface area contributed by atoms with E-state index in [2.05, 4.69) is 36.4 Å². The Morgan fingerprint density at radius 3 is 2.76 bits per heavy atom. The van der Waals surface area contributed by atoms with E-state index in [-0.39, 0.29) is 36.6 Å². The largest absolute Gasteiger partial charge is 0.461 e. The topological polar surface area (TPSA) is 83.8 Å². The number of aliphatic hydroxyl groups excluding tert-OH is 2. The number of hydrogen-bond donors (Lipinski definition) is 2. The van der Waals surface area contributed by atoms with Crippen LogP contribution >= 0.6 is 27.3 Å². The lowest BCUT2D eigenvalue weighted by Crippen LogP contribution is -2.19. The number of carbonyl (C=O) groups excluding carboxylic acids is 2. The molecule has 2 N–H and O–H groups in total. The van der Waals surface area contributed by atoms with Crippen LogP contribution < -0.4 is 0 Å². The summed E-state index contributed by atoms with van der Waals surface area (Å²) in [6.45, 7) is 7.90. The summed E-state index contributed by atoms with van der Waals surface area (Å²) in [6, 6.07) is 0. The molecule has 7 heteroatoms. The summed E-state index contributed by atoms with van der Waals surface area (Å²) >= 11 is 5.38. The number of hydrogen-bond acceptors (Lipinski definition) is 6. The minimum atomic E-state index is -0.713. The number of Topliss-reactive ketones (excluding diaryl/α,β-unsaturated/α-hetero) is 1. The minimum absolute atomic E-state index is 0.0533. The van der Waals surface area contributed by atoms with Crippen LogP contribution in [0.3, 0.4) is 0 Å². The summed E-state index contributed by atoms with van der Waals surface area (Å²) in [5.74, 6) is -0.758. The summed E-state index contributed by atoms with van der Waals surface area (Å²) in [6.07, 6.45) is 11.5. The number of ketones is 1. The maximum atomic E-state index is 12.4. The van der Waals surface area contributed by atoms with E-state index in [0.717, 1.165) is 17.3 Å². The predicted octanol–water partition coefficient (Wildman–Crippen LogP) is 5.39. The monoisotopic (exact) mass is 538 g/mol. The fraction of sp³-hybridized carbons (Fsp3) is 0.538. The van der Waals surface area contributed by atoms with Gasteiger partial charge in [0.15, 0.2) is 0 Å². The van der Waals surface area contributed by atoms with Crippen LogP contribution in [0.15, 0.2) is 41.4 Å². The van der Waals surface area contributed by atoms with E-state index >= 15 is 0 Å². The first-order valence-corrected chi connectivity index (χ1v) is 13.1. The van der Waals surface area contributed by atoms with Gasteiger partial charge < -0.3 is 14.9 Å². The van der Waals surface area contributed by atoms with E-state index in [1.165, 1.54) is 15.3 Å². The molecule has 1 fully saturated rings. The highest BCUT2D eigenvalue weighted by atomic mass is 79.9. The van der Waals surface area contributed by atoms with Crippen LogP contribution in [0.2, 0.25) is 0 Å². The van der Waals surface area contributed by atoms with Crippen molar-refractivity contribution in [3.05, 3.63) is 56.7 Å². The van der Waals surface area contributed by atoms with Crippen LogP contribution in [0.25, 0.3) is 0 Å². The zero-order valence-electron chi connectivity index (χ0n) is 19.5. The second-order valence-electron chi connectivity index (χ2n) is 8.49. The van der Waals surface area contributed by atoms with Gasteiger partial charge in [-0.15, -0.1) is 11.3 Å². The molecule has 1 aromatic rings. The molecule has 0 amide bonds. The lowest BCUT2D eigenvalue weighted by atomic mass is 9.90. The van der Waals surface area contributed by atoms with Crippen molar-refractivity contribution in [2.75, 3.05) is 6.61 Å². The molecule has 1 aromatic heterocycles. The molecule has 2 rings (SSSR count). The Kier molecular flexibility index (Phi) is 11.7. The normalized spacial score (nSPS) is 21.8. The smallest absolute Gasteiger partial charge is 0.306 e. The fourth-order valence-corrected chi connectivity index (χ4v) is 5.98. The maximum Gasteiger partial charge on any atom is 0.306 e. The highest BCUT2D eigenvalue weighted by Gasteiger charge is 2.39. The highest BCUT2D eigenvalue weighted by Crippen LogP contribution is 2.34. The molecule has 182 valence electrons. The molecule has 0 radical (unpaired) electrons. The Labute approximate surface area is 209 Å². The van der Waals surface area contributed by atoms with Crippen molar-refractivity contribution in [3.63, 3.8) is 0 Å². The van der Waals surface area contributed by atoms with Gasteiger partial charge in [-0.05, 0) is 67.4 Å². The van der Waals surface area contributed by atoms with E-state index in [0.29, 0.717) is 25.7 Å². The van der Waals surface area contributed by atoms with E-state index in [1.54, 1.807) is 23.5 Å². The van der Waals surface area contributed by atoms with Crippen molar-refractivity contribution in [1.29, 1.82) is 0 Å². The number of ether oxygens (including phenoxy) is 1. The van der Waals surface area contributed by atoms with Gasteiger partial charge >= 0.3 is 5.97 Å².